The lowest BCUT2D eigenvalue weighted by Crippen LogP contribution is -2.18. The molecule has 1 rings (SSSR count). The van der Waals surface area contributed by atoms with Gasteiger partial charge in [-0.05, 0) is 68.1 Å². The maximum atomic E-state index is 10.3. The lowest BCUT2D eigenvalue weighted by Gasteiger charge is -2.29. The number of hydrogen-bond acceptors (Lipinski definition) is 2. The number of aryl methyl sites for hydroxylation is 1. The van der Waals surface area contributed by atoms with Crippen LogP contribution < -0.4 is 0 Å². The van der Waals surface area contributed by atoms with E-state index in [-0.39, 0.29) is 11.5 Å². The molecular formula is C23H38O2. The van der Waals surface area contributed by atoms with Crippen molar-refractivity contribution in [2.75, 3.05) is 0 Å². The predicted octanol–water partition coefficient (Wildman–Crippen LogP) is 6.78. The van der Waals surface area contributed by atoms with Crippen LogP contribution in [0.5, 0.6) is 11.5 Å². The molecule has 0 heterocycles. The van der Waals surface area contributed by atoms with Crippen LogP contribution in [-0.2, 0) is 12.8 Å². The van der Waals surface area contributed by atoms with Crippen LogP contribution in [0.2, 0.25) is 0 Å². The van der Waals surface area contributed by atoms with Gasteiger partial charge in [0.2, 0.25) is 0 Å². The molecule has 2 nitrogen and oxygen atoms in total. The van der Waals surface area contributed by atoms with Gasteiger partial charge in [0, 0.05) is 5.56 Å². The number of phenols is 2. The van der Waals surface area contributed by atoms with E-state index >= 15 is 0 Å². The molecule has 0 unspecified atom stereocenters. The summed E-state index contributed by atoms with van der Waals surface area (Å²) in [6.07, 6.45) is 9.30. The fourth-order valence-corrected chi connectivity index (χ4v) is 2.82. The number of unbranched alkanes of at least 4 members (excludes halogenated alkanes) is 2. The minimum absolute atomic E-state index is 0.220. The molecule has 0 amide bonds. The fraction of sp³-hybridized carbons (Fsp3) is 0.652. The second-order valence-corrected chi connectivity index (χ2v) is 8.47. The minimum Gasteiger partial charge on any atom is -0.508 e. The topological polar surface area (TPSA) is 40.5 Å². The van der Waals surface area contributed by atoms with Gasteiger partial charge >= 0.3 is 0 Å². The Morgan fingerprint density at radius 1 is 1.12 bits per heavy atom. The first kappa shape index (κ1) is 21.6. The third-order valence-electron chi connectivity index (χ3n) is 5.71. The molecule has 2 heteroatoms. The fourth-order valence-electron chi connectivity index (χ4n) is 2.82. The Morgan fingerprint density at radius 2 is 1.72 bits per heavy atom. The molecule has 0 aliphatic heterocycles. The molecule has 0 fully saturated rings. The van der Waals surface area contributed by atoms with E-state index in [0.29, 0.717) is 23.3 Å². The van der Waals surface area contributed by atoms with Gasteiger partial charge in [0.25, 0.3) is 0 Å². The molecule has 0 radical (unpaired) electrons. The summed E-state index contributed by atoms with van der Waals surface area (Å²) in [7, 11) is 0. The van der Waals surface area contributed by atoms with E-state index in [4.69, 9.17) is 0 Å². The highest BCUT2D eigenvalue weighted by atomic mass is 16.3. The van der Waals surface area contributed by atoms with Crippen LogP contribution in [0.15, 0.2) is 23.8 Å². The average Bonchev–Trinajstić information content (AvgIpc) is 2.52. The molecule has 2 N–H and O–H groups in total. The van der Waals surface area contributed by atoms with Crippen LogP contribution in [0.25, 0.3) is 0 Å². The number of phenolic OH excluding ortho intramolecular Hbond substituents is 2. The summed E-state index contributed by atoms with van der Waals surface area (Å²) in [4.78, 5) is 0. The van der Waals surface area contributed by atoms with Crippen molar-refractivity contribution in [3.8, 4) is 11.5 Å². The number of allylic oxidation sites excluding steroid dienone is 2. The molecule has 25 heavy (non-hydrogen) atoms. The second kappa shape index (κ2) is 9.89. The van der Waals surface area contributed by atoms with E-state index in [9.17, 15) is 10.2 Å². The highest BCUT2D eigenvalue weighted by Gasteiger charge is 2.21. The average molecular weight is 347 g/mol. The standard InChI is InChI=1S/C23H38O2/c1-7-8-9-10-19-15-21(24)20(22(25)16-19)12-11-18(4)13-14-23(5,6)17(2)3/h11,15-17,24-25H,7-10,12-14H2,1-6H3/b18-11+. The molecule has 142 valence electrons. The molecule has 0 aromatic heterocycles. The molecule has 1 aromatic carbocycles. The first-order valence-corrected chi connectivity index (χ1v) is 9.86. The summed E-state index contributed by atoms with van der Waals surface area (Å²) in [6, 6.07) is 3.63. The van der Waals surface area contributed by atoms with Crippen molar-refractivity contribution < 1.29 is 10.2 Å². The van der Waals surface area contributed by atoms with Gasteiger partial charge in [-0.1, -0.05) is 59.1 Å². The van der Waals surface area contributed by atoms with E-state index in [1.807, 2.05) is 12.1 Å². The zero-order valence-electron chi connectivity index (χ0n) is 17.2. The van der Waals surface area contributed by atoms with Gasteiger partial charge in [-0.3, -0.25) is 0 Å². The van der Waals surface area contributed by atoms with Crippen LogP contribution in [0.3, 0.4) is 0 Å². The van der Waals surface area contributed by atoms with Crippen molar-refractivity contribution in [1.29, 1.82) is 0 Å². The van der Waals surface area contributed by atoms with E-state index < -0.39 is 0 Å². The number of aromatic hydroxyl groups is 2. The van der Waals surface area contributed by atoms with E-state index in [2.05, 4.69) is 47.6 Å². The molecule has 0 saturated carbocycles. The van der Waals surface area contributed by atoms with Gasteiger partial charge < -0.3 is 10.2 Å². The van der Waals surface area contributed by atoms with E-state index in [1.165, 1.54) is 18.4 Å². The summed E-state index contributed by atoms with van der Waals surface area (Å²) in [5.41, 5.74) is 3.31. The lowest BCUT2D eigenvalue weighted by molar-refractivity contribution is 0.229. The predicted molar refractivity (Wildman–Crippen MR) is 108 cm³/mol. The Balaban J connectivity index is 2.69. The number of benzene rings is 1. The van der Waals surface area contributed by atoms with Gasteiger partial charge in [-0.15, -0.1) is 0 Å². The van der Waals surface area contributed by atoms with Crippen LogP contribution in [0.1, 0.15) is 84.8 Å². The van der Waals surface area contributed by atoms with Gasteiger partial charge in [0.15, 0.2) is 0 Å². The maximum Gasteiger partial charge on any atom is 0.123 e. The Labute approximate surface area is 155 Å². The zero-order chi connectivity index (χ0) is 19.0. The summed E-state index contributed by atoms with van der Waals surface area (Å²) < 4.78 is 0. The van der Waals surface area contributed by atoms with E-state index in [0.717, 1.165) is 31.2 Å². The van der Waals surface area contributed by atoms with Crippen molar-refractivity contribution in [1.82, 2.24) is 0 Å². The van der Waals surface area contributed by atoms with Crippen molar-refractivity contribution in [3.05, 3.63) is 34.9 Å². The molecular weight excluding hydrogens is 308 g/mol. The maximum absolute atomic E-state index is 10.3. The molecule has 0 spiro atoms. The van der Waals surface area contributed by atoms with Crippen molar-refractivity contribution in [2.45, 2.75) is 86.5 Å². The minimum atomic E-state index is 0.220. The van der Waals surface area contributed by atoms with Crippen molar-refractivity contribution >= 4 is 0 Å². The van der Waals surface area contributed by atoms with Gasteiger partial charge in [0.1, 0.15) is 11.5 Å². The second-order valence-electron chi connectivity index (χ2n) is 8.47. The van der Waals surface area contributed by atoms with Gasteiger partial charge in [0.05, 0.1) is 0 Å². The highest BCUT2D eigenvalue weighted by Crippen LogP contribution is 2.34. The summed E-state index contributed by atoms with van der Waals surface area (Å²) >= 11 is 0. The zero-order valence-corrected chi connectivity index (χ0v) is 17.2. The first-order chi connectivity index (χ1) is 11.7. The van der Waals surface area contributed by atoms with E-state index in [1.54, 1.807) is 0 Å². The SMILES string of the molecule is CCCCCc1cc(O)c(C/C=C(\C)CCC(C)(C)C(C)C)c(O)c1. The quantitative estimate of drug-likeness (QED) is 0.362. The number of rotatable bonds is 10. The molecule has 1 aromatic rings. The van der Waals surface area contributed by atoms with Crippen LogP contribution in [0, 0.1) is 11.3 Å². The van der Waals surface area contributed by atoms with Crippen LogP contribution in [0.4, 0.5) is 0 Å². The number of hydrogen-bond donors (Lipinski definition) is 2. The molecule has 0 aliphatic carbocycles. The monoisotopic (exact) mass is 346 g/mol. The lowest BCUT2D eigenvalue weighted by atomic mass is 9.77. The molecule has 0 aliphatic rings. The Bertz CT molecular complexity index is 544. The largest absolute Gasteiger partial charge is 0.508 e. The van der Waals surface area contributed by atoms with Crippen LogP contribution >= 0.6 is 0 Å². The summed E-state index contributed by atoms with van der Waals surface area (Å²) in [6.45, 7) is 13.5. The van der Waals surface area contributed by atoms with Crippen molar-refractivity contribution in [2.24, 2.45) is 11.3 Å². The highest BCUT2D eigenvalue weighted by molar-refractivity contribution is 5.47. The van der Waals surface area contributed by atoms with Gasteiger partial charge in [-0.25, -0.2) is 0 Å². The first-order valence-electron chi connectivity index (χ1n) is 9.86. The normalized spacial score (nSPS) is 12.8. The molecule has 0 atom stereocenters. The van der Waals surface area contributed by atoms with Crippen LogP contribution in [-0.4, -0.2) is 10.2 Å². The van der Waals surface area contributed by atoms with Crippen molar-refractivity contribution in [3.63, 3.8) is 0 Å². The third-order valence-corrected chi connectivity index (χ3v) is 5.71. The molecule has 0 saturated heterocycles. The Hall–Kier alpha value is -1.44. The summed E-state index contributed by atoms with van der Waals surface area (Å²) in [5, 5.41) is 20.6. The van der Waals surface area contributed by atoms with Gasteiger partial charge in [-0.2, -0.15) is 0 Å². The molecule has 0 bridgehead atoms. The Kier molecular flexibility index (Phi) is 8.55. The Morgan fingerprint density at radius 3 is 2.24 bits per heavy atom. The smallest absolute Gasteiger partial charge is 0.123 e. The third kappa shape index (κ3) is 7.13. The summed E-state index contributed by atoms with van der Waals surface area (Å²) in [5.74, 6) is 1.10.